The topological polar surface area (TPSA) is 70.6 Å². The maximum absolute atomic E-state index is 12.0. The number of nitrogens with zero attached hydrogens (tertiary/aromatic N) is 1. The number of hydrogen-bond donors (Lipinski definition) is 2. The molecule has 128 valence electrons. The highest BCUT2D eigenvalue weighted by Crippen LogP contribution is 2.25. The fourth-order valence-corrected chi connectivity index (χ4v) is 3.25. The fraction of sp³-hybridized carbons (Fsp3) is 0.211. The van der Waals surface area contributed by atoms with Gasteiger partial charge in [0.2, 0.25) is 11.8 Å². The molecule has 0 aromatic heterocycles. The number of amides is 2. The van der Waals surface area contributed by atoms with Gasteiger partial charge in [-0.15, -0.1) is 0 Å². The molecule has 2 amide bonds. The quantitative estimate of drug-likeness (QED) is 0.868. The number of thioether (sulfide) groups is 1. The molecule has 25 heavy (non-hydrogen) atoms. The second kappa shape index (κ2) is 8.48. The van der Waals surface area contributed by atoms with E-state index in [0.29, 0.717) is 18.1 Å². The standard InChI is InChI=1S/C19H19N3O2S/c23-17-11-16(15-9-5-2-6-10-15)21-19(22-17)25-13-18(24)20-12-14-7-3-1-4-8-14/h1-10,16H,11-13H2,(H,20,24)(H,21,22,23). The summed E-state index contributed by atoms with van der Waals surface area (Å²) in [6.45, 7) is 0.492. The van der Waals surface area contributed by atoms with Gasteiger partial charge in [-0.05, 0) is 11.1 Å². The summed E-state index contributed by atoms with van der Waals surface area (Å²) >= 11 is 1.25. The summed E-state index contributed by atoms with van der Waals surface area (Å²) in [6, 6.07) is 19.3. The van der Waals surface area contributed by atoms with Crippen LogP contribution in [0.3, 0.4) is 0 Å². The average Bonchev–Trinajstić information content (AvgIpc) is 2.66. The van der Waals surface area contributed by atoms with E-state index in [9.17, 15) is 9.59 Å². The first-order valence-corrected chi connectivity index (χ1v) is 9.05. The molecule has 0 aliphatic carbocycles. The number of benzene rings is 2. The molecular formula is C19H19N3O2S. The van der Waals surface area contributed by atoms with E-state index < -0.39 is 0 Å². The van der Waals surface area contributed by atoms with E-state index in [1.54, 1.807) is 0 Å². The number of rotatable bonds is 5. The molecule has 3 rings (SSSR count). The number of nitrogens with one attached hydrogen (secondary N) is 2. The van der Waals surface area contributed by atoms with Gasteiger partial charge in [-0.25, -0.2) is 0 Å². The fourth-order valence-electron chi connectivity index (χ4n) is 2.49. The zero-order valence-electron chi connectivity index (χ0n) is 13.6. The number of hydrogen-bond acceptors (Lipinski definition) is 4. The molecule has 1 unspecified atom stereocenters. The Bertz CT molecular complexity index is 763. The Morgan fingerprint density at radius 3 is 2.52 bits per heavy atom. The zero-order valence-corrected chi connectivity index (χ0v) is 14.5. The number of carbonyl (C=O) groups is 2. The maximum atomic E-state index is 12.0. The Kier molecular flexibility index (Phi) is 5.85. The minimum atomic E-state index is -0.190. The highest BCUT2D eigenvalue weighted by Gasteiger charge is 2.22. The van der Waals surface area contributed by atoms with Crippen LogP contribution in [0.2, 0.25) is 0 Å². The summed E-state index contributed by atoms with van der Waals surface area (Å²) in [5, 5.41) is 6.10. The van der Waals surface area contributed by atoms with Crippen LogP contribution in [0.25, 0.3) is 0 Å². The molecule has 2 aromatic carbocycles. The van der Waals surface area contributed by atoms with Crippen LogP contribution in [0.1, 0.15) is 23.6 Å². The van der Waals surface area contributed by atoms with Gasteiger partial charge in [0.1, 0.15) is 0 Å². The molecule has 1 atom stereocenters. The minimum absolute atomic E-state index is 0.0731. The lowest BCUT2D eigenvalue weighted by Crippen LogP contribution is -2.35. The van der Waals surface area contributed by atoms with E-state index in [4.69, 9.17) is 0 Å². The van der Waals surface area contributed by atoms with Crippen LogP contribution in [0.5, 0.6) is 0 Å². The van der Waals surface area contributed by atoms with Crippen molar-refractivity contribution in [3.8, 4) is 0 Å². The lowest BCUT2D eigenvalue weighted by molar-refractivity contribution is -0.120. The summed E-state index contributed by atoms with van der Waals surface area (Å²) in [4.78, 5) is 28.5. The SMILES string of the molecule is O=C(CSC1=NC(c2ccccc2)CC(=O)N1)NCc1ccccc1. The van der Waals surface area contributed by atoms with Crippen LogP contribution < -0.4 is 10.6 Å². The summed E-state index contributed by atoms with van der Waals surface area (Å²) in [7, 11) is 0. The number of carbonyl (C=O) groups excluding carboxylic acids is 2. The Balaban J connectivity index is 1.53. The lowest BCUT2D eigenvalue weighted by atomic mass is 10.0. The first-order valence-electron chi connectivity index (χ1n) is 8.07. The van der Waals surface area contributed by atoms with Crippen molar-refractivity contribution in [1.82, 2.24) is 10.6 Å². The Morgan fingerprint density at radius 2 is 1.80 bits per heavy atom. The minimum Gasteiger partial charge on any atom is -0.351 e. The summed E-state index contributed by atoms with van der Waals surface area (Å²) in [5.41, 5.74) is 2.05. The molecule has 2 N–H and O–H groups in total. The van der Waals surface area contributed by atoms with Crippen molar-refractivity contribution in [2.45, 2.75) is 19.0 Å². The van der Waals surface area contributed by atoms with Crippen LogP contribution in [-0.2, 0) is 16.1 Å². The van der Waals surface area contributed by atoms with Crippen molar-refractivity contribution < 1.29 is 9.59 Å². The molecule has 1 aliphatic rings. The third kappa shape index (κ3) is 5.19. The van der Waals surface area contributed by atoms with Gasteiger partial charge in [-0.2, -0.15) is 0 Å². The Labute approximate surface area is 150 Å². The van der Waals surface area contributed by atoms with Gasteiger partial charge < -0.3 is 10.6 Å². The third-order valence-corrected chi connectivity index (χ3v) is 4.64. The Morgan fingerprint density at radius 1 is 1.12 bits per heavy atom. The molecule has 5 nitrogen and oxygen atoms in total. The van der Waals surface area contributed by atoms with E-state index in [1.807, 2.05) is 60.7 Å². The third-order valence-electron chi connectivity index (χ3n) is 3.76. The van der Waals surface area contributed by atoms with Crippen molar-refractivity contribution in [3.05, 3.63) is 71.8 Å². The molecule has 2 aromatic rings. The van der Waals surface area contributed by atoms with Crippen molar-refractivity contribution in [1.29, 1.82) is 0 Å². The summed E-state index contributed by atoms with van der Waals surface area (Å²) in [5.74, 6) is 0.0525. The second-order valence-electron chi connectivity index (χ2n) is 5.66. The van der Waals surface area contributed by atoms with Gasteiger partial charge in [-0.1, -0.05) is 72.4 Å². The smallest absolute Gasteiger partial charge is 0.230 e. The van der Waals surface area contributed by atoms with Crippen molar-refractivity contribution in [2.75, 3.05) is 5.75 Å². The molecular weight excluding hydrogens is 334 g/mol. The number of amidine groups is 1. The van der Waals surface area contributed by atoms with Crippen LogP contribution >= 0.6 is 11.8 Å². The second-order valence-corrected chi connectivity index (χ2v) is 6.63. The van der Waals surface area contributed by atoms with Gasteiger partial charge in [0, 0.05) is 6.54 Å². The molecule has 0 radical (unpaired) electrons. The summed E-state index contributed by atoms with van der Waals surface area (Å²) < 4.78 is 0. The van der Waals surface area contributed by atoms with Crippen LogP contribution in [0.4, 0.5) is 0 Å². The molecule has 0 fully saturated rings. The van der Waals surface area contributed by atoms with Gasteiger partial charge >= 0.3 is 0 Å². The normalized spacial score (nSPS) is 16.7. The van der Waals surface area contributed by atoms with Crippen molar-refractivity contribution in [3.63, 3.8) is 0 Å². The van der Waals surface area contributed by atoms with E-state index >= 15 is 0 Å². The van der Waals surface area contributed by atoms with E-state index in [-0.39, 0.29) is 23.6 Å². The molecule has 6 heteroatoms. The maximum Gasteiger partial charge on any atom is 0.230 e. The van der Waals surface area contributed by atoms with Crippen LogP contribution in [0, 0.1) is 0 Å². The van der Waals surface area contributed by atoms with Crippen LogP contribution in [0.15, 0.2) is 65.7 Å². The van der Waals surface area contributed by atoms with Crippen LogP contribution in [-0.4, -0.2) is 22.7 Å². The molecule has 0 spiro atoms. The van der Waals surface area contributed by atoms with Gasteiger partial charge in [0.05, 0.1) is 18.2 Å². The van der Waals surface area contributed by atoms with Gasteiger partial charge in [0.25, 0.3) is 0 Å². The highest BCUT2D eigenvalue weighted by molar-refractivity contribution is 8.14. The van der Waals surface area contributed by atoms with Gasteiger partial charge in [0.15, 0.2) is 5.17 Å². The Hall–Kier alpha value is -2.60. The average molecular weight is 353 g/mol. The van der Waals surface area contributed by atoms with Gasteiger partial charge in [-0.3, -0.25) is 14.6 Å². The molecule has 0 bridgehead atoms. The van der Waals surface area contributed by atoms with Crippen molar-refractivity contribution >= 4 is 28.7 Å². The monoisotopic (exact) mass is 353 g/mol. The number of aliphatic imine (C=N–C) groups is 1. The lowest BCUT2D eigenvalue weighted by Gasteiger charge is -2.20. The molecule has 0 saturated heterocycles. The highest BCUT2D eigenvalue weighted by atomic mass is 32.2. The molecule has 1 heterocycles. The van der Waals surface area contributed by atoms with E-state index in [1.165, 1.54) is 11.8 Å². The predicted octanol–water partition coefficient (Wildman–Crippen LogP) is 2.65. The summed E-state index contributed by atoms with van der Waals surface area (Å²) in [6.07, 6.45) is 0.328. The van der Waals surface area contributed by atoms with E-state index in [0.717, 1.165) is 11.1 Å². The molecule has 1 aliphatic heterocycles. The predicted molar refractivity (Wildman–Crippen MR) is 100 cm³/mol. The largest absolute Gasteiger partial charge is 0.351 e. The first-order chi connectivity index (χ1) is 12.2. The zero-order chi connectivity index (χ0) is 17.5. The van der Waals surface area contributed by atoms with Crippen molar-refractivity contribution in [2.24, 2.45) is 4.99 Å². The first kappa shape index (κ1) is 17.2. The van der Waals surface area contributed by atoms with E-state index in [2.05, 4.69) is 15.6 Å². The molecule has 0 saturated carbocycles.